The van der Waals surface area contributed by atoms with Crippen LogP contribution < -0.4 is 5.32 Å². The molecule has 2 unspecified atom stereocenters. The number of ether oxygens (including phenoxy) is 1. The summed E-state index contributed by atoms with van der Waals surface area (Å²) in [5.74, 6) is 0.571. The van der Waals surface area contributed by atoms with Gasteiger partial charge in [-0.25, -0.2) is 4.79 Å². The topological polar surface area (TPSA) is 125 Å². The number of allylic oxidation sites excluding steroid dienone is 2. The lowest BCUT2D eigenvalue weighted by atomic mass is 9.93. The average molecular weight is 605 g/mol. The summed E-state index contributed by atoms with van der Waals surface area (Å²) in [6, 6.07) is 5.97. The van der Waals surface area contributed by atoms with Crippen molar-refractivity contribution in [1.82, 2.24) is 5.32 Å². The van der Waals surface area contributed by atoms with E-state index in [1.54, 1.807) is 31.2 Å². The summed E-state index contributed by atoms with van der Waals surface area (Å²) >= 11 is 0. The molecule has 0 aliphatic carbocycles. The zero-order valence-electron chi connectivity index (χ0n) is 27.2. The molecule has 9 nitrogen and oxygen atoms in total. The van der Waals surface area contributed by atoms with Gasteiger partial charge >= 0.3 is 5.97 Å². The first-order chi connectivity index (χ1) is 20.7. The molecule has 9 heteroatoms. The number of benzene rings is 1. The molecule has 244 valence electrons. The number of unbranched alkanes of at least 4 members (excludes halogenated alkanes) is 5. The molecule has 1 N–H and O–H groups in total. The fraction of sp³-hybridized carbons (Fsp3) is 0.676. The van der Waals surface area contributed by atoms with Crippen LogP contribution in [-0.2, 0) is 37.2 Å². The SMILES string of the molecule is C/C=C\CCCC(=O)NC(C)C(=O)OCc1ccc(CO[N+](=O)[O-])cc1.CCCCCCCC(=O)CCC(CC)CCC. The molecule has 0 aliphatic heterocycles. The summed E-state index contributed by atoms with van der Waals surface area (Å²) in [4.78, 5) is 49.8. The Kier molecular flexibility index (Phi) is 24.4. The van der Waals surface area contributed by atoms with Crippen LogP contribution >= 0.6 is 0 Å². The minimum absolute atomic E-state index is 0.0523. The van der Waals surface area contributed by atoms with Gasteiger partial charge < -0.3 is 14.9 Å². The fourth-order valence-electron chi connectivity index (χ4n) is 4.43. The summed E-state index contributed by atoms with van der Waals surface area (Å²) < 4.78 is 5.17. The Labute approximate surface area is 259 Å². The highest BCUT2D eigenvalue weighted by Gasteiger charge is 2.17. The largest absolute Gasteiger partial charge is 0.459 e. The zero-order chi connectivity index (χ0) is 32.3. The quantitative estimate of drug-likeness (QED) is 0.0439. The lowest BCUT2D eigenvalue weighted by Gasteiger charge is -2.13. The molecular weight excluding hydrogens is 548 g/mol. The number of esters is 1. The van der Waals surface area contributed by atoms with Crippen molar-refractivity contribution in [2.75, 3.05) is 0 Å². The van der Waals surface area contributed by atoms with E-state index in [9.17, 15) is 24.5 Å². The number of amides is 1. The molecule has 1 rings (SSSR count). The van der Waals surface area contributed by atoms with E-state index in [4.69, 9.17) is 4.74 Å². The molecule has 0 radical (unpaired) electrons. The Bertz CT molecular complexity index is 931. The highest BCUT2D eigenvalue weighted by molar-refractivity contribution is 5.84. The number of carbonyl (C=O) groups excluding carboxylic acids is 3. The van der Waals surface area contributed by atoms with E-state index in [-0.39, 0.29) is 19.1 Å². The van der Waals surface area contributed by atoms with Crippen LogP contribution in [0.1, 0.15) is 136 Å². The molecule has 0 saturated heterocycles. The highest BCUT2D eigenvalue weighted by atomic mass is 16.9. The van der Waals surface area contributed by atoms with E-state index in [1.165, 1.54) is 44.9 Å². The monoisotopic (exact) mass is 604 g/mol. The Hall–Kier alpha value is -3.23. The van der Waals surface area contributed by atoms with E-state index in [1.807, 2.05) is 19.1 Å². The predicted molar refractivity (Wildman–Crippen MR) is 171 cm³/mol. The third-order valence-electron chi connectivity index (χ3n) is 7.15. The van der Waals surface area contributed by atoms with Crippen molar-refractivity contribution in [2.24, 2.45) is 5.92 Å². The van der Waals surface area contributed by atoms with E-state index >= 15 is 0 Å². The van der Waals surface area contributed by atoms with E-state index in [0.29, 0.717) is 17.8 Å². The number of hydrogen-bond acceptors (Lipinski definition) is 7. The number of rotatable bonds is 23. The first kappa shape index (κ1) is 39.8. The third-order valence-corrected chi connectivity index (χ3v) is 7.15. The molecular formula is C34H56N2O7. The van der Waals surface area contributed by atoms with Gasteiger partial charge in [0, 0.05) is 19.3 Å². The predicted octanol–water partition coefficient (Wildman–Crippen LogP) is 8.21. The standard InChI is InChI=1S/C18H24N2O6.C16H32O/c1-3-4-5-6-7-17(21)19-14(2)18(22)25-12-15-8-10-16(11-9-15)13-26-20(23)24;1-4-7-8-9-10-12-16(17)14-13-15(6-3)11-5-2/h3-4,8-11,14H,5-7,12-13H2,1-2H3,(H,19,21);15H,4-14H2,1-3H3/b4-3-;. The van der Waals surface area contributed by atoms with Gasteiger partial charge in [-0.1, -0.05) is 102 Å². The van der Waals surface area contributed by atoms with Crippen molar-refractivity contribution in [3.63, 3.8) is 0 Å². The van der Waals surface area contributed by atoms with Gasteiger partial charge in [0.1, 0.15) is 25.0 Å². The molecule has 0 heterocycles. The molecule has 0 bridgehead atoms. The van der Waals surface area contributed by atoms with Crippen LogP contribution in [0.25, 0.3) is 0 Å². The van der Waals surface area contributed by atoms with Crippen molar-refractivity contribution < 1.29 is 29.0 Å². The van der Waals surface area contributed by atoms with E-state index in [2.05, 4.69) is 30.9 Å². The molecule has 43 heavy (non-hydrogen) atoms. The number of carbonyl (C=O) groups is 3. The second-order valence-corrected chi connectivity index (χ2v) is 11.0. The molecule has 1 aromatic carbocycles. The summed E-state index contributed by atoms with van der Waals surface area (Å²) in [5, 5.41) is 11.9. The Balaban J connectivity index is 0.000000901. The number of ketones is 1. The van der Waals surface area contributed by atoms with Crippen molar-refractivity contribution >= 4 is 17.7 Å². The Morgan fingerprint density at radius 1 is 0.884 bits per heavy atom. The van der Waals surface area contributed by atoms with Crippen molar-refractivity contribution in [3.8, 4) is 0 Å². The van der Waals surface area contributed by atoms with Crippen LogP contribution in [0.5, 0.6) is 0 Å². The third kappa shape index (κ3) is 23.0. The summed E-state index contributed by atoms with van der Waals surface area (Å²) in [6.07, 6.45) is 18.6. The van der Waals surface area contributed by atoms with Gasteiger partial charge in [0.05, 0.1) is 0 Å². The van der Waals surface area contributed by atoms with Gasteiger partial charge in [0.2, 0.25) is 5.91 Å². The lowest BCUT2D eigenvalue weighted by molar-refractivity contribution is -0.763. The first-order valence-corrected chi connectivity index (χ1v) is 16.1. The van der Waals surface area contributed by atoms with Gasteiger partial charge in [-0.3, -0.25) is 9.59 Å². The molecule has 2 atom stereocenters. The summed E-state index contributed by atoms with van der Waals surface area (Å²) in [5.41, 5.74) is 1.36. The average Bonchev–Trinajstić information content (AvgIpc) is 2.99. The van der Waals surface area contributed by atoms with Gasteiger partial charge in [0.15, 0.2) is 0 Å². The Morgan fingerprint density at radius 3 is 2.12 bits per heavy atom. The van der Waals surface area contributed by atoms with Gasteiger partial charge in [-0.05, 0) is 56.6 Å². The molecule has 0 aromatic heterocycles. The molecule has 0 aliphatic rings. The second kappa shape index (κ2) is 26.4. The maximum Gasteiger partial charge on any atom is 0.328 e. The zero-order valence-corrected chi connectivity index (χ0v) is 27.2. The molecule has 0 saturated carbocycles. The summed E-state index contributed by atoms with van der Waals surface area (Å²) in [6.45, 7) is 10.1. The van der Waals surface area contributed by atoms with Crippen LogP contribution in [0.15, 0.2) is 36.4 Å². The van der Waals surface area contributed by atoms with Crippen molar-refractivity contribution in [1.29, 1.82) is 0 Å². The minimum Gasteiger partial charge on any atom is -0.459 e. The minimum atomic E-state index is -0.855. The Morgan fingerprint density at radius 2 is 1.53 bits per heavy atom. The van der Waals surface area contributed by atoms with Gasteiger partial charge in [-0.15, -0.1) is 10.1 Å². The molecule has 1 amide bonds. The highest BCUT2D eigenvalue weighted by Crippen LogP contribution is 2.18. The molecule has 1 aromatic rings. The van der Waals surface area contributed by atoms with Crippen molar-refractivity contribution in [3.05, 3.63) is 57.7 Å². The van der Waals surface area contributed by atoms with Crippen LogP contribution in [0.2, 0.25) is 0 Å². The second-order valence-electron chi connectivity index (χ2n) is 11.0. The van der Waals surface area contributed by atoms with Gasteiger partial charge in [-0.2, -0.15) is 0 Å². The number of nitrogens with zero attached hydrogens (tertiary/aromatic N) is 1. The maximum absolute atomic E-state index is 11.9. The van der Waals surface area contributed by atoms with Crippen molar-refractivity contribution in [2.45, 2.75) is 144 Å². The fourth-order valence-corrected chi connectivity index (χ4v) is 4.43. The molecule has 0 spiro atoms. The molecule has 0 fully saturated rings. The number of nitrogens with one attached hydrogen (secondary N) is 1. The van der Waals surface area contributed by atoms with Gasteiger partial charge in [0.25, 0.3) is 5.09 Å². The van der Waals surface area contributed by atoms with E-state index in [0.717, 1.165) is 50.0 Å². The van der Waals surface area contributed by atoms with E-state index < -0.39 is 17.1 Å². The number of Topliss-reactive ketones (excluding diaryl/α,β-unsaturated/α-hetero) is 1. The lowest BCUT2D eigenvalue weighted by Crippen LogP contribution is -2.39. The normalized spacial score (nSPS) is 12.1. The number of hydrogen-bond donors (Lipinski definition) is 1. The maximum atomic E-state index is 11.9. The van der Waals surface area contributed by atoms with Crippen LogP contribution in [0.4, 0.5) is 0 Å². The van der Waals surface area contributed by atoms with Crippen LogP contribution in [0.3, 0.4) is 0 Å². The summed E-state index contributed by atoms with van der Waals surface area (Å²) in [7, 11) is 0. The van der Waals surface area contributed by atoms with Crippen LogP contribution in [0, 0.1) is 16.0 Å². The van der Waals surface area contributed by atoms with Crippen LogP contribution in [-0.4, -0.2) is 28.8 Å². The first-order valence-electron chi connectivity index (χ1n) is 16.1. The smallest absolute Gasteiger partial charge is 0.328 e.